The number of methoxy groups -OCH3 is 1. The molecule has 0 N–H and O–H groups in total. The molecule has 0 aliphatic carbocycles. The van der Waals surface area contributed by atoms with Gasteiger partial charge in [0.25, 0.3) is 5.91 Å². The molecule has 1 aliphatic rings. The van der Waals surface area contributed by atoms with Gasteiger partial charge < -0.3 is 14.5 Å². The van der Waals surface area contributed by atoms with Gasteiger partial charge in [0, 0.05) is 37.9 Å². The second kappa shape index (κ2) is 8.79. The molecule has 1 aromatic heterocycles. The highest BCUT2D eigenvalue weighted by Crippen LogP contribution is 2.24. The number of benzene rings is 2. The second-order valence-electron chi connectivity index (χ2n) is 8.09. The predicted molar refractivity (Wildman–Crippen MR) is 121 cm³/mol. The third kappa shape index (κ3) is 4.26. The minimum absolute atomic E-state index is 0.117. The number of carbonyl (C=O) groups excluding carboxylic acids is 1. The highest BCUT2D eigenvalue weighted by molar-refractivity contribution is 5.90. The van der Waals surface area contributed by atoms with Crippen molar-refractivity contribution in [3.63, 3.8) is 0 Å². The lowest BCUT2D eigenvalue weighted by Crippen LogP contribution is -2.49. The number of nitrogens with zero attached hydrogens (tertiary/aromatic N) is 5. The monoisotopic (exact) mass is 419 g/mol. The first kappa shape index (κ1) is 20.9. The van der Waals surface area contributed by atoms with Crippen molar-refractivity contribution in [2.75, 3.05) is 38.2 Å². The zero-order valence-electron chi connectivity index (χ0n) is 18.6. The number of hydrogen-bond acceptors (Lipinski definition) is 5. The molecular weight excluding hydrogens is 390 g/mol. The third-order valence-electron chi connectivity index (χ3n) is 5.73. The zero-order chi connectivity index (χ0) is 22.0. The molecule has 0 radical (unpaired) electrons. The van der Waals surface area contributed by atoms with E-state index in [1.807, 2.05) is 48.2 Å². The summed E-state index contributed by atoms with van der Waals surface area (Å²) in [5.74, 6) is 2.04. The molecule has 0 unspecified atom stereocenters. The molecule has 1 aliphatic heterocycles. The number of aromatic nitrogens is 3. The molecule has 7 nitrogen and oxygen atoms in total. The summed E-state index contributed by atoms with van der Waals surface area (Å²) >= 11 is 0. The zero-order valence-corrected chi connectivity index (χ0v) is 18.6. The molecule has 3 aromatic rings. The quantitative estimate of drug-likeness (QED) is 0.631. The van der Waals surface area contributed by atoms with Crippen molar-refractivity contribution in [1.82, 2.24) is 19.7 Å². The van der Waals surface area contributed by atoms with E-state index in [1.54, 1.807) is 11.8 Å². The molecule has 0 bridgehead atoms. The summed E-state index contributed by atoms with van der Waals surface area (Å²) in [7, 11) is 1.67. The van der Waals surface area contributed by atoms with Crippen LogP contribution in [0.25, 0.3) is 5.69 Å². The Morgan fingerprint density at radius 1 is 1.03 bits per heavy atom. The van der Waals surface area contributed by atoms with Crippen LogP contribution in [0, 0.1) is 6.92 Å². The van der Waals surface area contributed by atoms with Crippen molar-refractivity contribution in [2.24, 2.45) is 0 Å². The molecule has 1 amide bonds. The molecule has 0 spiro atoms. The largest absolute Gasteiger partial charge is 0.497 e. The van der Waals surface area contributed by atoms with Crippen LogP contribution in [0.15, 0.2) is 48.5 Å². The summed E-state index contributed by atoms with van der Waals surface area (Å²) in [6.45, 7) is 8.97. The molecular formula is C24H29N5O2. The van der Waals surface area contributed by atoms with Crippen LogP contribution in [0.3, 0.4) is 0 Å². The van der Waals surface area contributed by atoms with Gasteiger partial charge in [0.1, 0.15) is 11.6 Å². The van der Waals surface area contributed by atoms with E-state index in [1.165, 1.54) is 5.56 Å². The van der Waals surface area contributed by atoms with Gasteiger partial charge in [0.15, 0.2) is 0 Å². The molecule has 1 saturated heterocycles. The van der Waals surface area contributed by atoms with E-state index in [2.05, 4.69) is 41.0 Å². The Bertz CT molecular complexity index is 1070. The Kier molecular flexibility index (Phi) is 5.93. The number of rotatable bonds is 5. The van der Waals surface area contributed by atoms with Gasteiger partial charge in [-0.15, -0.1) is 5.10 Å². The smallest absolute Gasteiger partial charge is 0.293 e. The molecule has 2 heterocycles. The van der Waals surface area contributed by atoms with Crippen molar-refractivity contribution in [3.05, 3.63) is 65.7 Å². The lowest BCUT2D eigenvalue weighted by atomic mass is 10.0. The Morgan fingerprint density at radius 3 is 2.48 bits per heavy atom. The maximum Gasteiger partial charge on any atom is 0.293 e. The highest BCUT2D eigenvalue weighted by atomic mass is 16.5. The first-order valence-corrected chi connectivity index (χ1v) is 10.7. The molecule has 31 heavy (non-hydrogen) atoms. The van der Waals surface area contributed by atoms with Gasteiger partial charge in [-0.1, -0.05) is 38.1 Å². The van der Waals surface area contributed by atoms with Gasteiger partial charge >= 0.3 is 0 Å². The highest BCUT2D eigenvalue weighted by Gasteiger charge is 2.26. The van der Waals surface area contributed by atoms with Crippen LogP contribution in [0.5, 0.6) is 5.75 Å². The SMILES string of the molecule is COc1cccc(N2CCN(C(=O)c3nc(C)n(-c4ccccc4C(C)C)n3)CC2)c1. The first-order valence-electron chi connectivity index (χ1n) is 10.7. The standard InChI is InChI=1S/C24H29N5O2/c1-17(2)21-10-5-6-11-22(21)29-18(3)25-23(26-29)24(30)28-14-12-27(13-15-28)19-8-7-9-20(16-19)31-4/h5-11,16-17H,12-15H2,1-4H3. The summed E-state index contributed by atoms with van der Waals surface area (Å²) in [5, 5.41) is 4.58. The summed E-state index contributed by atoms with van der Waals surface area (Å²) in [6.07, 6.45) is 0. The number of ether oxygens (including phenoxy) is 1. The van der Waals surface area contributed by atoms with E-state index in [-0.39, 0.29) is 11.7 Å². The topological polar surface area (TPSA) is 63.5 Å². The molecule has 2 aromatic carbocycles. The fourth-order valence-corrected chi connectivity index (χ4v) is 3.99. The molecule has 4 rings (SSSR count). The van der Waals surface area contributed by atoms with Crippen molar-refractivity contribution >= 4 is 11.6 Å². The van der Waals surface area contributed by atoms with Crippen LogP contribution in [0.2, 0.25) is 0 Å². The van der Waals surface area contributed by atoms with Crippen LogP contribution in [-0.4, -0.2) is 58.9 Å². The van der Waals surface area contributed by atoms with E-state index in [4.69, 9.17) is 4.74 Å². The van der Waals surface area contributed by atoms with Crippen molar-refractivity contribution in [1.29, 1.82) is 0 Å². The summed E-state index contributed by atoms with van der Waals surface area (Å²) < 4.78 is 7.11. The molecule has 7 heteroatoms. The van der Waals surface area contributed by atoms with Crippen molar-refractivity contribution < 1.29 is 9.53 Å². The average Bonchev–Trinajstić information content (AvgIpc) is 3.20. The van der Waals surface area contributed by atoms with Crippen molar-refractivity contribution in [2.45, 2.75) is 26.7 Å². The predicted octanol–water partition coefficient (Wildman–Crippen LogP) is 3.67. The normalized spacial score (nSPS) is 14.2. The maximum atomic E-state index is 13.1. The van der Waals surface area contributed by atoms with Crippen LogP contribution in [-0.2, 0) is 0 Å². The fraction of sp³-hybridized carbons (Fsp3) is 0.375. The van der Waals surface area contributed by atoms with Gasteiger partial charge in [0.05, 0.1) is 12.8 Å². The minimum Gasteiger partial charge on any atom is -0.497 e. The Morgan fingerprint density at radius 2 is 1.77 bits per heavy atom. The fourth-order valence-electron chi connectivity index (χ4n) is 3.99. The van der Waals surface area contributed by atoms with Gasteiger partial charge in [0.2, 0.25) is 5.82 Å². The van der Waals surface area contributed by atoms with Crippen LogP contribution in [0.1, 0.15) is 41.8 Å². The Labute approximate surface area is 183 Å². The van der Waals surface area contributed by atoms with E-state index >= 15 is 0 Å². The Hall–Kier alpha value is -3.35. The molecule has 162 valence electrons. The van der Waals surface area contributed by atoms with E-state index in [0.29, 0.717) is 24.8 Å². The van der Waals surface area contributed by atoms with Gasteiger partial charge in [-0.25, -0.2) is 9.67 Å². The number of para-hydroxylation sites is 1. The van der Waals surface area contributed by atoms with Crippen molar-refractivity contribution in [3.8, 4) is 11.4 Å². The molecule has 1 fully saturated rings. The number of piperazine rings is 1. The van der Waals surface area contributed by atoms with Gasteiger partial charge in [-0.3, -0.25) is 4.79 Å². The first-order chi connectivity index (χ1) is 15.0. The number of aryl methyl sites for hydroxylation is 1. The second-order valence-corrected chi connectivity index (χ2v) is 8.09. The lowest BCUT2D eigenvalue weighted by Gasteiger charge is -2.35. The number of amides is 1. The van der Waals surface area contributed by atoms with Crippen LogP contribution < -0.4 is 9.64 Å². The lowest BCUT2D eigenvalue weighted by molar-refractivity contribution is 0.0734. The summed E-state index contributed by atoms with van der Waals surface area (Å²) in [6, 6.07) is 16.2. The number of carbonyl (C=O) groups is 1. The maximum absolute atomic E-state index is 13.1. The number of anilines is 1. The van der Waals surface area contributed by atoms with E-state index < -0.39 is 0 Å². The molecule has 0 atom stereocenters. The van der Waals surface area contributed by atoms with E-state index in [9.17, 15) is 4.79 Å². The molecule has 0 saturated carbocycles. The van der Waals surface area contributed by atoms with E-state index in [0.717, 1.165) is 30.2 Å². The van der Waals surface area contributed by atoms with Crippen LogP contribution >= 0.6 is 0 Å². The Balaban J connectivity index is 1.48. The summed E-state index contributed by atoms with van der Waals surface area (Å²) in [5.41, 5.74) is 3.26. The van der Waals surface area contributed by atoms with Gasteiger partial charge in [-0.05, 0) is 36.6 Å². The minimum atomic E-state index is -0.117. The van der Waals surface area contributed by atoms with Crippen LogP contribution in [0.4, 0.5) is 5.69 Å². The number of hydrogen-bond donors (Lipinski definition) is 0. The summed E-state index contributed by atoms with van der Waals surface area (Å²) in [4.78, 5) is 21.7. The average molecular weight is 420 g/mol. The van der Waals surface area contributed by atoms with Gasteiger partial charge in [-0.2, -0.15) is 0 Å². The third-order valence-corrected chi connectivity index (χ3v) is 5.73.